The van der Waals surface area contributed by atoms with Crippen molar-refractivity contribution in [3.05, 3.63) is 45.7 Å². The van der Waals surface area contributed by atoms with E-state index in [1.165, 1.54) is 10.9 Å². The number of methoxy groups -OCH3 is 3. The van der Waals surface area contributed by atoms with Crippen LogP contribution in [-0.4, -0.2) is 72.8 Å². The number of aromatic nitrogens is 2. The molecule has 0 atom stereocenters. The molecule has 1 fully saturated rings. The van der Waals surface area contributed by atoms with E-state index >= 15 is 0 Å². The quantitative estimate of drug-likeness (QED) is 0.481. The lowest BCUT2D eigenvalue weighted by atomic mass is 10.1. The summed E-state index contributed by atoms with van der Waals surface area (Å²) in [5.41, 5.74) is 1.96. The van der Waals surface area contributed by atoms with Gasteiger partial charge in [-0.15, -0.1) is 0 Å². The van der Waals surface area contributed by atoms with E-state index in [2.05, 4.69) is 9.88 Å². The van der Waals surface area contributed by atoms with Gasteiger partial charge in [0.15, 0.2) is 11.5 Å². The molecule has 35 heavy (non-hydrogen) atoms. The maximum Gasteiger partial charge on any atom is 0.264 e. The van der Waals surface area contributed by atoms with Crippen LogP contribution in [0.3, 0.4) is 0 Å². The second-order valence-electron chi connectivity index (χ2n) is 8.61. The summed E-state index contributed by atoms with van der Waals surface area (Å²) < 4.78 is 23.5. The molecule has 0 N–H and O–H groups in total. The molecule has 0 aliphatic carbocycles. The highest BCUT2D eigenvalue weighted by molar-refractivity contribution is 5.78. The molecule has 0 saturated carbocycles. The van der Waals surface area contributed by atoms with Gasteiger partial charge in [0.05, 0.1) is 21.3 Å². The van der Waals surface area contributed by atoms with Crippen molar-refractivity contribution in [2.24, 2.45) is 0 Å². The van der Waals surface area contributed by atoms with Crippen molar-refractivity contribution in [2.45, 2.75) is 33.4 Å². The third-order valence-electron chi connectivity index (χ3n) is 6.63. The Morgan fingerprint density at radius 3 is 2.40 bits per heavy atom. The first kappa shape index (κ1) is 24.6. The number of ether oxygens (including phenoxy) is 3. The molecule has 0 spiro atoms. The van der Waals surface area contributed by atoms with Crippen LogP contribution in [0.4, 0.5) is 0 Å². The fourth-order valence-corrected chi connectivity index (χ4v) is 4.49. The molecular weight excluding hydrogens is 452 g/mol. The number of aryl methyl sites for hydroxylation is 3. The largest absolute Gasteiger partial charge is 0.493 e. The molecule has 3 heterocycles. The standard InChI is InChI=1S/C25H32N4O6/c1-16-17(2)35-24-21(16)25(31)29(15-26-24)9-8-20(30)28-12-10-27(11-13-28)14-18-6-7-19(32-3)23(34-5)22(18)33-4/h6-7,15H,8-14H2,1-5H3. The Morgan fingerprint density at radius 1 is 1.03 bits per heavy atom. The SMILES string of the molecule is COc1ccc(CN2CCN(C(=O)CCn3cnc4oc(C)c(C)c4c3=O)CC2)c(OC)c1OC. The highest BCUT2D eigenvalue weighted by Crippen LogP contribution is 2.40. The van der Waals surface area contributed by atoms with Gasteiger partial charge in [-0.2, -0.15) is 0 Å². The molecule has 10 nitrogen and oxygen atoms in total. The van der Waals surface area contributed by atoms with Crippen molar-refractivity contribution in [3.8, 4) is 17.2 Å². The van der Waals surface area contributed by atoms with Crippen LogP contribution >= 0.6 is 0 Å². The van der Waals surface area contributed by atoms with Crippen LogP contribution in [0.15, 0.2) is 27.7 Å². The Bertz CT molecular complexity index is 1270. The van der Waals surface area contributed by atoms with E-state index < -0.39 is 0 Å². The maximum atomic E-state index is 12.8. The van der Waals surface area contributed by atoms with Crippen LogP contribution in [0.5, 0.6) is 17.2 Å². The van der Waals surface area contributed by atoms with Gasteiger partial charge in [-0.1, -0.05) is 6.07 Å². The summed E-state index contributed by atoms with van der Waals surface area (Å²) in [5, 5.41) is 0.483. The molecule has 1 aliphatic heterocycles. The lowest BCUT2D eigenvalue weighted by Crippen LogP contribution is -2.48. The average molecular weight is 485 g/mol. The lowest BCUT2D eigenvalue weighted by Gasteiger charge is -2.35. The molecule has 1 aliphatic rings. The lowest BCUT2D eigenvalue weighted by molar-refractivity contribution is -0.133. The minimum Gasteiger partial charge on any atom is -0.493 e. The molecule has 188 valence electrons. The zero-order valence-electron chi connectivity index (χ0n) is 20.9. The molecule has 1 saturated heterocycles. The normalized spacial score (nSPS) is 14.4. The molecule has 0 radical (unpaired) electrons. The van der Waals surface area contributed by atoms with Crippen molar-refractivity contribution in [2.75, 3.05) is 47.5 Å². The van der Waals surface area contributed by atoms with Crippen LogP contribution in [0.1, 0.15) is 23.3 Å². The number of nitrogens with zero attached hydrogens (tertiary/aromatic N) is 4. The first-order valence-electron chi connectivity index (χ1n) is 11.6. The molecular formula is C25H32N4O6. The Kier molecular flexibility index (Phi) is 7.30. The van der Waals surface area contributed by atoms with Crippen LogP contribution < -0.4 is 19.8 Å². The number of furan rings is 1. The predicted molar refractivity (Wildman–Crippen MR) is 130 cm³/mol. The minimum atomic E-state index is -0.175. The van der Waals surface area contributed by atoms with Crippen molar-refractivity contribution < 1.29 is 23.4 Å². The molecule has 2 aromatic heterocycles. The number of hydrogen-bond acceptors (Lipinski definition) is 8. The van der Waals surface area contributed by atoms with Gasteiger partial charge in [0.25, 0.3) is 5.56 Å². The van der Waals surface area contributed by atoms with Gasteiger partial charge in [-0.25, -0.2) is 4.98 Å². The van der Waals surface area contributed by atoms with Gasteiger partial charge in [-0.3, -0.25) is 19.1 Å². The second-order valence-corrected chi connectivity index (χ2v) is 8.61. The van der Waals surface area contributed by atoms with Crippen molar-refractivity contribution in [1.29, 1.82) is 0 Å². The summed E-state index contributed by atoms with van der Waals surface area (Å²) in [5.74, 6) is 2.56. The maximum absolute atomic E-state index is 12.8. The van der Waals surface area contributed by atoms with Gasteiger partial charge in [-0.05, 0) is 19.9 Å². The molecule has 3 aromatic rings. The summed E-state index contributed by atoms with van der Waals surface area (Å²) in [6, 6.07) is 3.85. The van der Waals surface area contributed by atoms with E-state index in [1.807, 2.05) is 30.9 Å². The average Bonchev–Trinajstić information content (AvgIpc) is 3.17. The monoisotopic (exact) mass is 484 g/mol. The molecule has 4 rings (SSSR count). The van der Waals surface area contributed by atoms with Gasteiger partial charge < -0.3 is 23.5 Å². The Balaban J connectivity index is 1.34. The zero-order valence-corrected chi connectivity index (χ0v) is 20.9. The third-order valence-corrected chi connectivity index (χ3v) is 6.63. The zero-order chi connectivity index (χ0) is 25.1. The van der Waals surface area contributed by atoms with E-state index in [0.717, 1.165) is 24.2 Å². The number of piperazine rings is 1. The van der Waals surface area contributed by atoms with Crippen LogP contribution in [0, 0.1) is 13.8 Å². The van der Waals surface area contributed by atoms with Gasteiger partial charge in [0.1, 0.15) is 17.5 Å². The summed E-state index contributed by atoms with van der Waals surface area (Å²) in [6.45, 7) is 7.35. The summed E-state index contributed by atoms with van der Waals surface area (Å²) in [7, 11) is 4.80. The fraction of sp³-hybridized carbons (Fsp3) is 0.480. The summed E-state index contributed by atoms with van der Waals surface area (Å²) in [4.78, 5) is 34.0. The van der Waals surface area contributed by atoms with E-state index in [0.29, 0.717) is 53.7 Å². The number of carbonyl (C=O) groups is 1. The second kappa shape index (κ2) is 10.4. The van der Waals surface area contributed by atoms with Crippen molar-refractivity contribution in [3.63, 3.8) is 0 Å². The molecule has 0 unspecified atom stereocenters. The van der Waals surface area contributed by atoms with Crippen LogP contribution in [-0.2, 0) is 17.9 Å². The Morgan fingerprint density at radius 2 is 1.74 bits per heavy atom. The highest BCUT2D eigenvalue weighted by atomic mass is 16.5. The number of amides is 1. The number of rotatable bonds is 8. The van der Waals surface area contributed by atoms with Gasteiger partial charge >= 0.3 is 0 Å². The van der Waals surface area contributed by atoms with Gasteiger partial charge in [0, 0.05) is 56.8 Å². The Hall–Kier alpha value is -3.53. The van der Waals surface area contributed by atoms with E-state index in [4.69, 9.17) is 18.6 Å². The third kappa shape index (κ3) is 4.84. The molecule has 10 heteroatoms. The number of hydrogen-bond donors (Lipinski definition) is 0. The first-order valence-corrected chi connectivity index (χ1v) is 11.6. The number of carbonyl (C=O) groups excluding carboxylic acids is 1. The van der Waals surface area contributed by atoms with E-state index in [9.17, 15) is 9.59 Å². The fourth-order valence-electron chi connectivity index (χ4n) is 4.49. The predicted octanol–water partition coefficient (Wildman–Crippen LogP) is 2.37. The minimum absolute atomic E-state index is 0.0282. The van der Waals surface area contributed by atoms with Gasteiger partial charge in [0.2, 0.25) is 17.4 Å². The van der Waals surface area contributed by atoms with Crippen molar-refractivity contribution >= 4 is 17.0 Å². The summed E-state index contributed by atoms with van der Waals surface area (Å²) >= 11 is 0. The van der Waals surface area contributed by atoms with Crippen molar-refractivity contribution in [1.82, 2.24) is 19.4 Å². The molecule has 1 amide bonds. The van der Waals surface area contributed by atoms with Crippen LogP contribution in [0.2, 0.25) is 0 Å². The number of fused-ring (bicyclic) bond motifs is 1. The van der Waals surface area contributed by atoms with E-state index in [-0.39, 0.29) is 24.4 Å². The first-order chi connectivity index (χ1) is 16.9. The molecule has 0 bridgehead atoms. The summed E-state index contributed by atoms with van der Waals surface area (Å²) in [6.07, 6.45) is 1.70. The highest BCUT2D eigenvalue weighted by Gasteiger charge is 2.24. The van der Waals surface area contributed by atoms with Crippen LogP contribution in [0.25, 0.3) is 11.1 Å². The topological polar surface area (TPSA) is 99.3 Å². The smallest absolute Gasteiger partial charge is 0.264 e. The molecule has 1 aromatic carbocycles. The Labute approximate surface area is 204 Å². The van der Waals surface area contributed by atoms with E-state index in [1.54, 1.807) is 21.3 Å². The number of benzene rings is 1.